The summed E-state index contributed by atoms with van der Waals surface area (Å²) in [6.07, 6.45) is 0. The summed E-state index contributed by atoms with van der Waals surface area (Å²) in [5.41, 5.74) is 0.205. The van der Waals surface area contributed by atoms with Gasteiger partial charge in [-0.3, -0.25) is 4.55 Å². The van der Waals surface area contributed by atoms with Gasteiger partial charge >= 0.3 is 11.9 Å². The third kappa shape index (κ3) is 3.15. The molecule has 0 heterocycles. The van der Waals surface area contributed by atoms with Crippen LogP contribution in [-0.2, 0) is 10.1 Å². The van der Waals surface area contributed by atoms with E-state index in [0.29, 0.717) is 16.7 Å². The van der Waals surface area contributed by atoms with Crippen LogP contribution >= 0.6 is 0 Å². The van der Waals surface area contributed by atoms with E-state index in [2.05, 4.69) is 0 Å². The van der Waals surface area contributed by atoms with E-state index in [1.807, 2.05) is 0 Å². The van der Waals surface area contributed by atoms with Crippen LogP contribution in [0.2, 0.25) is 0 Å². The number of rotatable bonds is 4. The Morgan fingerprint density at radius 1 is 0.917 bits per heavy atom. The van der Waals surface area contributed by atoms with Crippen molar-refractivity contribution in [2.24, 2.45) is 0 Å². The minimum absolute atomic E-state index is 0.231. The van der Waals surface area contributed by atoms with Crippen molar-refractivity contribution in [3.63, 3.8) is 0 Å². The fourth-order valence-electron chi connectivity index (χ4n) is 2.58. The predicted molar refractivity (Wildman–Crippen MR) is 85.1 cm³/mol. The summed E-state index contributed by atoms with van der Waals surface area (Å²) in [7, 11) is -4.85. The van der Waals surface area contributed by atoms with E-state index in [4.69, 9.17) is 5.11 Å². The molecule has 0 saturated carbocycles. The number of aryl methyl sites for hydroxylation is 2. The van der Waals surface area contributed by atoms with Crippen molar-refractivity contribution in [1.82, 2.24) is 0 Å². The first-order valence-electron chi connectivity index (χ1n) is 6.72. The molecule has 0 aliphatic carbocycles. The molecule has 0 saturated heterocycles. The summed E-state index contributed by atoms with van der Waals surface area (Å²) in [5, 5.41) is 18.5. The van der Waals surface area contributed by atoms with E-state index >= 15 is 0 Å². The topological polar surface area (TPSA) is 129 Å². The van der Waals surface area contributed by atoms with E-state index in [9.17, 15) is 27.7 Å². The fraction of sp³-hybridized carbons (Fsp3) is 0.125. The first-order chi connectivity index (χ1) is 11.0. The Labute approximate surface area is 137 Å². The van der Waals surface area contributed by atoms with Gasteiger partial charge in [0.05, 0.1) is 11.1 Å². The van der Waals surface area contributed by atoms with E-state index in [-0.39, 0.29) is 5.56 Å². The normalized spacial score (nSPS) is 11.3. The highest BCUT2D eigenvalue weighted by Crippen LogP contribution is 2.36. The smallest absolute Gasteiger partial charge is 0.336 e. The molecule has 0 atom stereocenters. The van der Waals surface area contributed by atoms with Crippen molar-refractivity contribution in [1.29, 1.82) is 0 Å². The van der Waals surface area contributed by atoms with Gasteiger partial charge in [-0.2, -0.15) is 8.42 Å². The lowest BCUT2D eigenvalue weighted by molar-refractivity contribution is 0.0696. The molecular weight excluding hydrogens is 336 g/mol. The minimum atomic E-state index is -4.85. The highest BCUT2D eigenvalue weighted by atomic mass is 32.2. The lowest BCUT2D eigenvalue weighted by atomic mass is 9.91. The van der Waals surface area contributed by atoms with Crippen LogP contribution in [0.4, 0.5) is 0 Å². The van der Waals surface area contributed by atoms with E-state index in [1.54, 1.807) is 32.0 Å². The Balaban J connectivity index is 3.08. The number of benzene rings is 2. The molecule has 0 spiro atoms. The average Bonchev–Trinajstić information content (AvgIpc) is 2.45. The molecule has 8 heteroatoms. The monoisotopic (exact) mass is 350 g/mol. The maximum absolute atomic E-state index is 11.8. The van der Waals surface area contributed by atoms with Crippen LogP contribution < -0.4 is 0 Å². The quantitative estimate of drug-likeness (QED) is 0.723. The lowest BCUT2D eigenvalue weighted by Gasteiger charge is -2.16. The standard InChI is InChI=1S/C16H14O7S/c1-8-4-3-5-9(2)13(8)14-11(16(19)20)6-10(15(17)18)7-12(14)24(21,22)23/h3-7H,1-2H3,(H,17,18)(H,19,20)(H,21,22,23). The maximum atomic E-state index is 11.8. The highest BCUT2D eigenvalue weighted by Gasteiger charge is 2.27. The number of hydrogen-bond acceptors (Lipinski definition) is 4. The Morgan fingerprint density at radius 3 is 1.88 bits per heavy atom. The predicted octanol–water partition coefficient (Wildman–Crippen LogP) is 2.61. The summed E-state index contributed by atoms with van der Waals surface area (Å²) >= 11 is 0. The molecule has 2 aromatic rings. The number of hydrogen-bond donors (Lipinski definition) is 3. The lowest BCUT2D eigenvalue weighted by Crippen LogP contribution is -2.12. The average molecular weight is 350 g/mol. The van der Waals surface area contributed by atoms with Gasteiger partial charge in [0.25, 0.3) is 10.1 Å². The van der Waals surface area contributed by atoms with Gasteiger partial charge in [-0.1, -0.05) is 18.2 Å². The molecule has 24 heavy (non-hydrogen) atoms. The van der Waals surface area contributed by atoms with Gasteiger partial charge in [0.1, 0.15) is 4.90 Å². The van der Waals surface area contributed by atoms with Crippen LogP contribution in [0.1, 0.15) is 31.8 Å². The van der Waals surface area contributed by atoms with Gasteiger partial charge in [-0.25, -0.2) is 9.59 Å². The van der Waals surface area contributed by atoms with Gasteiger partial charge in [-0.05, 0) is 42.7 Å². The molecule has 0 bridgehead atoms. The molecule has 0 aromatic heterocycles. The molecule has 126 valence electrons. The van der Waals surface area contributed by atoms with Crippen LogP contribution in [0.25, 0.3) is 11.1 Å². The molecule has 0 aliphatic heterocycles. The van der Waals surface area contributed by atoms with Crippen molar-refractivity contribution in [2.45, 2.75) is 18.7 Å². The number of carboxylic acids is 2. The Morgan fingerprint density at radius 2 is 1.46 bits per heavy atom. The number of carbonyl (C=O) groups is 2. The molecule has 0 unspecified atom stereocenters. The Hall–Kier alpha value is -2.71. The van der Waals surface area contributed by atoms with Crippen LogP contribution in [0.3, 0.4) is 0 Å². The summed E-state index contributed by atoms with van der Waals surface area (Å²) < 4.78 is 33.0. The molecular formula is C16H14O7S. The molecule has 7 nitrogen and oxygen atoms in total. The first kappa shape index (κ1) is 17.6. The molecule has 2 aromatic carbocycles. The van der Waals surface area contributed by atoms with E-state index in [1.165, 1.54) is 0 Å². The summed E-state index contributed by atoms with van der Waals surface area (Å²) in [4.78, 5) is 22.0. The molecule has 0 radical (unpaired) electrons. The highest BCUT2D eigenvalue weighted by molar-refractivity contribution is 7.86. The SMILES string of the molecule is Cc1cccc(C)c1-c1c(C(=O)O)cc(C(=O)O)cc1S(=O)(=O)O. The Bertz CT molecular complexity index is 938. The minimum Gasteiger partial charge on any atom is -0.478 e. The Kier molecular flexibility index (Phi) is 4.46. The van der Waals surface area contributed by atoms with Crippen molar-refractivity contribution in [3.8, 4) is 11.1 Å². The first-order valence-corrected chi connectivity index (χ1v) is 8.16. The zero-order chi connectivity index (χ0) is 18.2. The van der Waals surface area contributed by atoms with Crippen molar-refractivity contribution in [2.75, 3.05) is 0 Å². The summed E-state index contributed by atoms with van der Waals surface area (Å²) in [5.74, 6) is -3.00. The van der Waals surface area contributed by atoms with Gasteiger partial charge in [0.2, 0.25) is 0 Å². The van der Waals surface area contributed by atoms with E-state index < -0.39 is 38.1 Å². The van der Waals surface area contributed by atoms with Gasteiger partial charge in [0, 0.05) is 5.56 Å². The second-order valence-electron chi connectivity index (χ2n) is 5.25. The van der Waals surface area contributed by atoms with Crippen LogP contribution in [0.15, 0.2) is 35.2 Å². The molecule has 0 aliphatic rings. The van der Waals surface area contributed by atoms with Crippen LogP contribution in [0.5, 0.6) is 0 Å². The van der Waals surface area contributed by atoms with Gasteiger partial charge < -0.3 is 10.2 Å². The zero-order valence-corrected chi connectivity index (χ0v) is 13.6. The van der Waals surface area contributed by atoms with Gasteiger partial charge in [0.15, 0.2) is 0 Å². The molecule has 3 N–H and O–H groups in total. The van der Waals surface area contributed by atoms with Crippen molar-refractivity contribution in [3.05, 3.63) is 52.6 Å². The second kappa shape index (κ2) is 6.06. The second-order valence-corrected chi connectivity index (χ2v) is 6.64. The third-order valence-electron chi connectivity index (χ3n) is 3.59. The molecule has 0 amide bonds. The van der Waals surface area contributed by atoms with E-state index in [0.717, 1.165) is 12.1 Å². The van der Waals surface area contributed by atoms with Gasteiger partial charge in [-0.15, -0.1) is 0 Å². The summed E-state index contributed by atoms with van der Waals surface area (Å²) in [6.45, 7) is 3.32. The van der Waals surface area contributed by atoms with Crippen LogP contribution in [-0.4, -0.2) is 35.1 Å². The number of carboxylic acid groups (broad SMARTS) is 2. The zero-order valence-electron chi connectivity index (χ0n) is 12.8. The fourth-order valence-corrected chi connectivity index (χ4v) is 3.32. The summed E-state index contributed by atoms with van der Waals surface area (Å²) in [6, 6.07) is 6.67. The molecule has 0 fully saturated rings. The van der Waals surface area contributed by atoms with Crippen molar-refractivity contribution < 1.29 is 32.8 Å². The third-order valence-corrected chi connectivity index (χ3v) is 4.47. The largest absolute Gasteiger partial charge is 0.478 e. The van der Waals surface area contributed by atoms with Crippen molar-refractivity contribution >= 4 is 22.1 Å². The number of aromatic carboxylic acids is 2. The maximum Gasteiger partial charge on any atom is 0.336 e. The van der Waals surface area contributed by atoms with Crippen LogP contribution in [0, 0.1) is 13.8 Å². The molecule has 2 rings (SSSR count).